The number of phosphoric ester groups is 1. The second kappa shape index (κ2) is 56.7. The van der Waals surface area contributed by atoms with E-state index in [0.29, 0.717) is 23.9 Å². The molecule has 0 aliphatic carbocycles. The van der Waals surface area contributed by atoms with Gasteiger partial charge in [-0.2, -0.15) is 0 Å². The van der Waals surface area contributed by atoms with E-state index < -0.39 is 20.0 Å². The van der Waals surface area contributed by atoms with Crippen LogP contribution >= 0.6 is 7.82 Å². The maximum Gasteiger partial charge on any atom is 0.472 e. The van der Waals surface area contributed by atoms with E-state index in [1.54, 1.807) is 0 Å². The number of nitrogens with one attached hydrogen (secondary N) is 1. The fourth-order valence-electron chi connectivity index (χ4n) is 9.20. The van der Waals surface area contributed by atoms with E-state index in [2.05, 4.69) is 86.8 Å². The van der Waals surface area contributed by atoms with Crippen LogP contribution in [0.1, 0.15) is 290 Å². The number of nitrogens with zero attached hydrogens (tertiary/aromatic N) is 1. The van der Waals surface area contributed by atoms with Gasteiger partial charge in [-0.1, -0.05) is 274 Å². The molecular weight excluding hydrogens is 976 g/mol. The summed E-state index contributed by atoms with van der Waals surface area (Å²) in [5, 5.41) is 3.06. The molecule has 0 aromatic carbocycles. The number of allylic oxidation sites excluding steroid dienone is 11. The summed E-state index contributed by atoms with van der Waals surface area (Å²) in [6.07, 6.45) is 73.3. The highest BCUT2D eigenvalue weighted by atomic mass is 31.2. The molecule has 0 spiro atoms. The SMILES string of the molecule is CC/C=C\C/C=C\C/C=C\C/C=C\C/C=C\CCCCCCCCCCCCCC(=O)NC(COP(=O)(O)OCC[N+](C)(C)C)C(/C=C/CCCCCCCCCCCCC)OC(=O)CCCCCCCCCCCCC. The van der Waals surface area contributed by atoms with E-state index in [0.717, 1.165) is 89.9 Å². The molecular formula is C67H124N2O7P+. The lowest BCUT2D eigenvalue weighted by Gasteiger charge is -2.27. The van der Waals surface area contributed by atoms with Crippen LogP contribution in [-0.4, -0.2) is 74.3 Å². The topological polar surface area (TPSA) is 111 Å². The van der Waals surface area contributed by atoms with Crippen molar-refractivity contribution in [3.8, 4) is 0 Å². The van der Waals surface area contributed by atoms with Gasteiger partial charge in [-0.05, 0) is 76.7 Å². The zero-order valence-electron chi connectivity index (χ0n) is 51.2. The lowest BCUT2D eigenvalue weighted by molar-refractivity contribution is -0.870. The number of ether oxygens (including phenoxy) is 1. The van der Waals surface area contributed by atoms with Gasteiger partial charge in [0, 0.05) is 12.8 Å². The number of quaternary nitrogens is 1. The van der Waals surface area contributed by atoms with Gasteiger partial charge in [0.25, 0.3) is 0 Å². The molecule has 0 aromatic rings. The summed E-state index contributed by atoms with van der Waals surface area (Å²) in [4.78, 5) is 37.7. The lowest BCUT2D eigenvalue weighted by atomic mass is 10.0. The summed E-state index contributed by atoms with van der Waals surface area (Å²) in [5.74, 6) is -0.503. The molecule has 3 unspecified atom stereocenters. The number of unbranched alkanes of at least 4 members (excludes halogenated alkanes) is 32. The average molecular weight is 1100 g/mol. The Hall–Kier alpha value is -2.55. The van der Waals surface area contributed by atoms with E-state index in [4.69, 9.17) is 13.8 Å². The fourth-order valence-corrected chi connectivity index (χ4v) is 9.94. The number of phosphoric acid groups is 1. The van der Waals surface area contributed by atoms with Crippen molar-refractivity contribution in [1.29, 1.82) is 0 Å². The van der Waals surface area contributed by atoms with Crippen LogP contribution in [0.4, 0.5) is 0 Å². The van der Waals surface area contributed by atoms with E-state index in [9.17, 15) is 19.0 Å². The van der Waals surface area contributed by atoms with Gasteiger partial charge in [-0.15, -0.1) is 0 Å². The Balaban J connectivity index is 5.05. The first-order valence-electron chi connectivity index (χ1n) is 32.3. The number of likely N-dealkylation sites (N-methyl/N-ethyl adjacent to an activating group) is 1. The van der Waals surface area contributed by atoms with Crippen molar-refractivity contribution in [2.24, 2.45) is 0 Å². The molecule has 10 heteroatoms. The van der Waals surface area contributed by atoms with Gasteiger partial charge < -0.3 is 19.4 Å². The highest BCUT2D eigenvalue weighted by molar-refractivity contribution is 7.47. The third kappa shape index (κ3) is 57.9. The van der Waals surface area contributed by atoms with Crippen molar-refractivity contribution in [2.75, 3.05) is 40.9 Å². The van der Waals surface area contributed by atoms with E-state index >= 15 is 0 Å². The first kappa shape index (κ1) is 74.5. The Morgan fingerprint density at radius 3 is 1.25 bits per heavy atom. The van der Waals surface area contributed by atoms with Crippen LogP contribution in [0.2, 0.25) is 0 Å². The number of amides is 1. The van der Waals surface area contributed by atoms with Crippen LogP contribution in [0.3, 0.4) is 0 Å². The van der Waals surface area contributed by atoms with Crippen LogP contribution in [0.25, 0.3) is 0 Å². The Bertz CT molecular complexity index is 1550. The number of esters is 1. The average Bonchev–Trinajstić information content (AvgIpc) is 3.39. The number of rotatable bonds is 58. The van der Waals surface area contributed by atoms with Gasteiger partial charge in [-0.25, -0.2) is 4.57 Å². The molecule has 0 rings (SSSR count). The second-order valence-corrected chi connectivity index (χ2v) is 24.4. The van der Waals surface area contributed by atoms with E-state index in [1.165, 1.54) is 167 Å². The molecule has 0 aliphatic heterocycles. The molecule has 1 amide bonds. The molecule has 2 N–H and O–H groups in total. The van der Waals surface area contributed by atoms with Crippen molar-refractivity contribution >= 4 is 19.7 Å². The van der Waals surface area contributed by atoms with Gasteiger partial charge in [0.05, 0.1) is 33.8 Å². The quantitative estimate of drug-likeness (QED) is 0.0205. The Morgan fingerprint density at radius 1 is 0.468 bits per heavy atom. The molecule has 0 bridgehead atoms. The molecule has 0 heterocycles. The largest absolute Gasteiger partial charge is 0.472 e. The number of carbonyl (C=O) groups is 2. The van der Waals surface area contributed by atoms with Crippen LogP contribution < -0.4 is 5.32 Å². The molecule has 448 valence electrons. The van der Waals surface area contributed by atoms with Crippen LogP contribution in [-0.2, 0) is 27.9 Å². The normalized spacial score (nSPS) is 14.1. The molecule has 9 nitrogen and oxygen atoms in total. The maximum absolute atomic E-state index is 13.6. The molecule has 0 aliphatic rings. The van der Waals surface area contributed by atoms with Crippen LogP contribution in [0.15, 0.2) is 72.9 Å². The van der Waals surface area contributed by atoms with E-state index in [1.807, 2.05) is 33.3 Å². The molecule has 3 atom stereocenters. The molecule has 77 heavy (non-hydrogen) atoms. The van der Waals surface area contributed by atoms with Gasteiger partial charge in [0.1, 0.15) is 19.3 Å². The minimum absolute atomic E-state index is 0.0392. The summed E-state index contributed by atoms with van der Waals surface area (Å²) >= 11 is 0. The third-order valence-corrected chi connectivity index (χ3v) is 15.1. The number of hydrogen-bond donors (Lipinski definition) is 2. The summed E-state index contributed by atoms with van der Waals surface area (Å²) in [7, 11) is 1.50. The third-order valence-electron chi connectivity index (χ3n) is 14.2. The standard InChI is InChI=1S/C67H123N2O7P/c1-7-10-13-16-19-22-25-27-28-29-30-31-32-33-34-35-36-37-38-39-40-42-45-47-50-53-56-59-66(70)68-64(63-75-77(72,73)74-62-61-69(4,5)6)65(58-55-52-49-46-44-41-26-23-20-17-14-11-8-2)76-67(71)60-57-54-51-48-43-24-21-18-15-12-9-3/h10,13,19,22,27-28,30-31,33-34,55,58,64-65H,7-9,11-12,14-18,20-21,23-26,29,32,35-54,56-57,59-63H2,1-6H3,(H-,68,70,72,73)/p+1/b13-10-,22-19-,28-27-,31-30-,34-33-,58-55+. The number of hydrogen-bond acceptors (Lipinski definition) is 6. The zero-order valence-corrected chi connectivity index (χ0v) is 52.1. The summed E-state index contributed by atoms with van der Waals surface area (Å²) in [6, 6.07) is -0.849. The second-order valence-electron chi connectivity index (χ2n) is 22.9. The number of carbonyl (C=O) groups excluding carboxylic acids is 2. The van der Waals surface area contributed by atoms with Crippen molar-refractivity contribution in [3.05, 3.63) is 72.9 Å². The Labute approximate surface area is 476 Å². The first-order chi connectivity index (χ1) is 37.4. The van der Waals surface area contributed by atoms with Crippen molar-refractivity contribution < 1.29 is 37.3 Å². The van der Waals surface area contributed by atoms with Gasteiger partial charge in [0.15, 0.2) is 0 Å². The molecule has 0 saturated carbocycles. The fraction of sp³-hybridized carbons (Fsp3) is 0.791. The Kier molecular flexibility index (Phi) is 54.8. The highest BCUT2D eigenvalue weighted by Gasteiger charge is 2.30. The summed E-state index contributed by atoms with van der Waals surface area (Å²) < 4.78 is 30.7. The van der Waals surface area contributed by atoms with Gasteiger partial charge >= 0.3 is 13.8 Å². The van der Waals surface area contributed by atoms with Crippen LogP contribution in [0, 0.1) is 0 Å². The Morgan fingerprint density at radius 2 is 0.831 bits per heavy atom. The van der Waals surface area contributed by atoms with E-state index in [-0.39, 0.29) is 25.1 Å². The first-order valence-corrected chi connectivity index (χ1v) is 33.8. The summed E-state index contributed by atoms with van der Waals surface area (Å²) in [5.41, 5.74) is 0. The highest BCUT2D eigenvalue weighted by Crippen LogP contribution is 2.43. The minimum atomic E-state index is -4.45. The predicted molar refractivity (Wildman–Crippen MR) is 332 cm³/mol. The maximum atomic E-state index is 13.6. The smallest absolute Gasteiger partial charge is 0.456 e. The van der Waals surface area contributed by atoms with Crippen molar-refractivity contribution in [3.63, 3.8) is 0 Å². The minimum Gasteiger partial charge on any atom is -0.456 e. The monoisotopic (exact) mass is 1100 g/mol. The van der Waals surface area contributed by atoms with Crippen molar-refractivity contribution in [2.45, 2.75) is 303 Å². The zero-order chi connectivity index (χ0) is 56.4. The molecule has 0 aromatic heterocycles. The van der Waals surface area contributed by atoms with Gasteiger partial charge in [-0.3, -0.25) is 18.6 Å². The summed E-state index contributed by atoms with van der Waals surface area (Å²) in [6.45, 7) is 6.91. The lowest BCUT2D eigenvalue weighted by Crippen LogP contribution is -2.47. The van der Waals surface area contributed by atoms with Crippen LogP contribution in [0.5, 0.6) is 0 Å². The predicted octanol–water partition coefficient (Wildman–Crippen LogP) is 20.0. The van der Waals surface area contributed by atoms with Gasteiger partial charge in [0.2, 0.25) is 5.91 Å². The molecule has 0 radical (unpaired) electrons. The van der Waals surface area contributed by atoms with Crippen molar-refractivity contribution in [1.82, 2.24) is 5.32 Å². The molecule has 0 saturated heterocycles. The molecule has 0 fully saturated rings.